The smallest absolute Gasteiger partial charge is 0.0929 e. The van der Waals surface area contributed by atoms with E-state index in [0.29, 0.717) is 13.2 Å². The second-order valence-electron chi connectivity index (χ2n) is 2.99. The van der Waals surface area contributed by atoms with Crippen molar-refractivity contribution in [1.82, 2.24) is 4.98 Å². The van der Waals surface area contributed by atoms with Crippen molar-refractivity contribution in [2.45, 2.75) is 12.5 Å². The molecule has 2 unspecified atom stereocenters. The molecule has 1 fully saturated rings. The van der Waals surface area contributed by atoms with Gasteiger partial charge in [0, 0.05) is 23.9 Å². The number of hydrogen-bond donors (Lipinski definition) is 1. The lowest BCUT2D eigenvalue weighted by molar-refractivity contribution is 0.118. The number of aliphatic hydroxyl groups is 1. The SMILES string of the molecule is OC1COCC1Cc1nccs1. The first-order valence-corrected chi connectivity index (χ1v) is 4.88. The van der Waals surface area contributed by atoms with Crippen LogP contribution >= 0.6 is 11.3 Å². The van der Waals surface area contributed by atoms with Crippen LogP contribution in [0.2, 0.25) is 0 Å². The Morgan fingerprint density at radius 1 is 1.67 bits per heavy atom. The highest BCUT2D eigenvalue weighted by molar-refractivity contribution is 7.09. The van der Waals surface area contributed by atoms with Crippen LogP contribution in [0.15, 0.2) is 11.6 Å². The van der Waals surface area contributed by atoms with Gasteiger partial charge in [0.05, 0.1) is 24.3 Å². The highest BCUT2D eigenvalue weighted by Crippen LogP contribution is 2.19. The summed E-state index contributed by atoms with van der Waals surface area (Å²) in [6.45, 7) is 1.15. The molecule has 0 saturated carbocycles. The summed E-state index contributed by atoms with van der Waals surface area (Å²) in [5.74, 6) is 0.246. The van der Waals surface area contributed by atoms with Gasteiger partial charge in [-0.05, 0) is 0 Å². The minimum Gasteiger partial charge on any atom is -0.390 e. The second kappa shape index (κ2) is 3.51. The molecule has 2 heterocycles. The highest BCUT2D eigenvalue weighted by Gasteiger charge is 2.26. The summed E-state index contributed by atoms with van der Waals surface area (Å²) < 4.78 is 5.14. The van der Waals surface area contributed by atoms with Crippen molar-refractivity contribution in [2.75, 3.05) is 13.2 Å². The fourth-order valence-electron chi connectivity index (χ4n) is 1.36. The number of rotatable bonds is 2. The first-order valence-electron chi connectivity index (χ1n) is 4.00. The second-order valence-corrected chi connectivity index (χ2v) is 3.97. The standard InChI is InChI=1S/C8H11NO2S/c10-7-5-11-4-6(7)3-8-9-1-2-12-8/h1-2,6-7,10H,3-5H2. The number of aromatic nitrogens is 1. The molecule has 3 nitrogen and oxygen atoms in total. The number of aliphatic hydroxyl groups excluding tert-OH is 1. The van der Waals surface area contributed by atoms with Gasteiger partial charge in [-0.25, -0.2) is 4.98 Å². The lowest BCUT2D eigenvalue weighted by atomic mass is 10.0. The molecule has 0 aromatic carbocycles. The fraction of sp³-hybridized carbons (Fsp3) is 0.625. The van der Waals surface area contributed by atoms with E-state index in [4.69, 9.17) is 4.74 Å². The number of hydrogen-bond acceptors (Lipinski definition) is 4. The van der Waals surface area contributed by atoms with Crippen LogP contribution in [0.5, 0.6) is 0 Å². The zero-order valence-electron chi connectivity index (χ0n) is 6.64. The van der Waals surface area contributed by atoms with Crippen LogP contribution in [0, 0.1) is 5.92 Å². The summed E-state index contributed by atoms with van der Waals surface area (Å²) in [5.41, 5.74) is 0. The third-order valence-electron chi connectivity index (χ3n) is 2.08. The molecule has 2 rings (SSSR count). The maximum absolute atomic E-state index is 9.44. The van der Waals surface area contributed by atoms with Crippen LogP contribution in [0.3, 0.4) is 0 Å². The van der Waals surface area contributed by atoms with Crippen LogP contribution in [0.4, 0.5) is 0 Å². The summed E-state index contributed by atoms with van der Waals surface area (Å²) >= 11 is 1.63. The summed E-state index contributed by atoms with van der Waals surface area (Å²) in [6.07, 6.45) is 2.34. The highest BCUT2D eigenvalue weighted by atomic mass is 32.1. The van der Waals surface area contributed by atoms with Gasteiger partial charge in [-0.15, -0.1) is 11.3 Å². The molecule has 0 aliphatic carbocycles. The minimum atomic E-state index is -0.297. The molecule has 0 bridgehead atoms. The van der Waals surface area contributed by atoms with Gasteiger partial charge < -0.3 is 9.84 Å². The number of ether oxygens (including phenoxy) is 1. The van der Waals surface area contributed by atoms with Gasteiger partial charge in [0.15, 0.2) is 0 Å². The van der Waals surface area contributed by atoms with Gasteiger partial charge in [0.2, 0.25) is 0 Å². The van der Waals surface area contributed by atoms with Gasteiger partial charge in [-0.1, -0.05) is 0 Å². The zero-order chi connectivity index (χ0) is 8.39. The molecule has 0 spiro atoms. The zero-order valence-corrected chi connectivity index (χ0v) is 7.46. The Balaban J connectivity index is 1.95. The summed E-state index contributed by atoms with van der Waals surface area (Å²) in [4.78, 5) is 4.17. The summed E-state index contributed by atoms with van der Waals surface area (Å²) in [6, 6.07) is 0. The predicted octanol–water partition coefficient (Wildman–Crippen LogP) is 0.693. The fourth-order valence-corrected chi connectivity index (χ4v) is 2.07. The monoisotopic (exact) mass is 185 g/mol. The van der Waals surface area contributed by atoms with Crippen LogP contribution in [-0.4, -0.2) is 29.4 Å². The molecule has 0 amide bonds. The van der Waals surface area contributed by atoms with E-state index < -0.39 is 0 Å². The summed E-state index contributed by atoms with van der Waals surface area (Å²) in [7, 11) is 0. The Morgan fingerprint density at radius 3 is 3.17 bits per heavy atom. The molecule has 2 atom stereocenters. The third-order valence-corrected chi connectivity index (χ3v) is 2.89. The van der Waals surface area contributed by atoms with Crippen LogP contribution in [-0.2, 0) is 11.2 Å². The van der Waals surface area contributed by atoms with Crippen molar-refractivity contribution in [3.63, 3.8) is 0 Å². The Kier molecular flexibility index (Phi) is 2.39. The first-order chi connectivity index (χ1) is 5.86. The molecule has 4 heteroatoms. The first kappa shape index (κ1) is 8.16. The normalized spacial score (nSPS) is 29.4. The Hall–Kier alpha value is -0.450. The Bertz CT molecular complexity index is 237. The lowest BCUT2D eigenvalue weighted by Crippen LogP contribution is -2.19. The van der Waals surface area contributed by atoms with E-state index in [2.05, 4.69) is 4.98 Å². The van der Waals surface area contributed by atoms with E-state index in [0.717, 1.165) is 11.4 Å². The largest absolute Gasteiger partial charge is 0.390 e. The number of nitrogens with zero attached hydrogens (tertiary/aromatic N) is 1. The van der Waals surface area contributed by atoms with Crippen LogP contribution in [0.25, 0.3) is 0 Å². The predicted molar refractivity (Wildman–Crippen MR) is 46.1 cm³/mol. The minimum absolute atomic E-state index is 0.246. The quantitative estimate of drug-likeness (QED) is 0.737. The molecule has 66 valence electrons. The van der Waals surface area contributed by atoms with Gasteiger partial charge in [-0.2, -0.15) is 0 Å². The van der Waals surface area contributed by atoms with Crippen molar-refractivity contribution in [1.29, 1.82) is 0 Å². The van der Waals surface area contributed by atoms with E-state index in [-0.39, 0.29) is 12.0 Å². The third kappa shape index (κ3) is 1.65. The van der Waals surface area contributed by atoms with Gasteiger partial charge in [0.1, 0.15) is 0 Å². The topological polar surface area (TPSA) is 42.4 Å². The molecule has 1 aromatic rings. The van der Waals surface area contributed by atoms with Gasteiger partial charge in [-0.3, -0.25) is 0 Å². The van der Waals surface area contributed by atoms with Crippen molar-refractivity contribution in [3.8, 4) is 0 Å². The molecular formula is C8H11NO2S. The average Bonchev–Trinajstić information content (AvgIpc) is 2.65. The molecule has 1 aromatic heterocycles. The Morgan fingerprint density at radius 2 is 2.58 bits per heavy atom. The molecular weight excluding hydrogens is 174 g/mol. The summed E-state index contributed by atoms with van der Waals surface area (Å²) in [5, 5.41) is 12.5. The Labute approximate surface area is 75.0 Å². The molecule has 12 heavy (non-hydrogen) atoms. The molecule has 1 saturated heterocycles. The molecule has 1 N–H and O–H groups in total. The van der Waals surface area contributed by atoms with E-state index in [9.17, 15) is 5.11 Å². The van der Waals surface area contributed by atoms with Crippen molar-refractivity contribution < 1.29 is 9.84 Å². The molecule has 0 radical (unpaired) electrons. The van der Waals surface area contributed by atoms with Crippen molar-refractivity contribution in [2.24, 2.45) is 5.92 Å². The van der Waals surface area contributed by atoms with E-state index in [1.807, 2.05) is 5.38 Å². The van der Waals surface area contributed by atoms with Crippen molar-refractivity contribution >= 4 is 11.3 Å². The van der Waals surface area contributed by atoms with Crippen LogP contribution in [0.1, 0.15) is 5.01 Å². The van der Waals surface area contributed by atoms with Gasteiger partial charge in [0.25, 0.3) is 0 Å². The van der Waals surface area contributed by atoms with E-state index in [1.54, 1.807) is 17.5 Å². The lowest BCUT2D eigenvalue weighted by Gasteiger charge is -2.08. The van der Waals surface area contributed by atoms with Crippen LogP contribution < -0.4 is 0 Å². The van der Waals surface area contributed by atoms with Gasteiger partial charge >= 0.3 is 0 Å². The van der Waals surface area contributed by atoms with E-state index in [1.165, 1.54) is 0 Å². The maximum Gasteiger partial charge on any atom is 0.0929 e. The van der Waals surface area contributed by atoms with E-state index >= 15 is 0 Å². The maximum atomic E-state index is 9.44. The molecule has 1 aliphatic rings. The number of thiazole rings is 1. The average molecular weight is 185 g/mol. The molecule has 1 aliphatic heterocycles. The van der Waals surface area contributed by atoms with Crippen molar-refractivity contribution in [3.05, 3.63) is 16.6 Å².